The summed E-state index contributed by atoms with van der Waals surface area (Å²) < 4.78 is 5.04. The van der Waals surface area contributed by atoms with E-state index in [0.717, 1.165) is 13.1 Å². The normalized spacial score (nSPS) is 26.6. The average molecular weight is 200 g/mol. The van der Waals surface area contributed by atoms with Gasteiger partial charge in [0.15, 0.2) is 0 Å². The lowest BCUT2D eigenvalue weighted by atomic mass is 10.1. The third kappa shape index (κ3) is 3.54. The van der Waals surface area contributed by atoms with Gasteiger partial charge in [0, 0.05) is 12.6 Å². The molecule has 0 aromatic heterocycles. The van der Waals surface area contributed by atoms with Crippen molar-refractivity contribution in [2.75, 3.05) is 19.7 Å². The minimum absolute atomic E-state index is 0.217. The summed E-state index contributed by atoms with van der Waals surface area (Å²) in [6.07, 6.45) is -0.292. The Morgan fingerprint density at radius 2 is 2.29 bits per heavy atom. The Morgan fingerprint density at radius 3 is 2.79 bits per heavy atom. The first kappa shape index (κ1) is 11.3. The Labute approximate surface area is 85.4 Å². The lowest BCUT2D eigenvalue weighted by Gasteiger charge is -2.16. The third-order valence-electron chi connectivity index (χ3n) is 2.37. The molecule has 2 atom stereocenters. The maximum absolute atomic E-state index is 11.3. The van der Waals surface area contributed by atoms with Crippen LogP contribution < -0.4 is 10.6 Å². The van der Waals surface area contributed by atoms with E-state index in [1.54, 1.807) is 0 Å². The minimum atomic E-state index is -0.292. The van der Waals surface area contributed by atoms with Gasteiger partial charge in [0.05, 0.1) is 6.61 Å². The highest BCUT2D eigenvalue weighted by molar-refractivity contribution is 5.67. The topological polar surface area (TPSA) is 50.4 Å². The number of amides is 1. The fourth-order valence-corrected chi connectivity index (χ4v) is 1.44. The van der Waals surface area contributed by atoms with Crippen molar-refractivity contribution in [1.82, 2.24) is 10.6 Å². The molecule has 14 heavy (non-hydrogen) atoms. The zero-order chi connectivity index (χ0) is 10.6. The number of ether oxygens (including phenoxy) is 1. The molecule has 0 bridgehead atoms. The molecule has 1 amide bonds. The number of rotatable bonds is 3. The molecule has 82 valence electrons. The van der Waals surface area contributed by atoms with E-state index < -0.39 is 0 Å². The first-order valence-electron chi connectivity index (χ1n) is 5.23. The van der Waals surface area contributed by atoms with Crippen molar-refractivity contribution in [2.24, 2.45) is 11.8 Å². The van der Waals surface area contributed by atoms with Crippen molar-refractivity contribution in [3.05, 3.63) is 0 Å². The van der Waals surface area contributed by atoms with Gasteiger partial charge < -0.3 is 15.4 Å². The molecule has 0 aromatic rings. The number of carbonyl (C=O) groups is 1. The molecule has 1 fully saturated rings. The van der Waals surface area contributed by atoms with E-state index in [9.17, 15) is 4.79 Å². The molecular formula is C10H20N2O2. The SMILES string of the molecule is CC(C)COC(=O)NC1CNCC1C. The number of hydrogen-bond acceptors (Lipinski definition) is 3. The van der Waals surface area contributed by atoms with Crippen LogP contribution in [0.4, 0.5) is 4.79 Å². The maximum Gasteiger partial charge on any atom is 0.407 e. The van der Waals surface area contributed by atoms with Crippen molar-refractivity contribution in [3.63, 3.8) is 0 Å². The molecule has 1 heterocycles. The standard InChI is InChI=1S/C10H20N2O2/c1-7(2)6-14-10(13)12-9-5-11-4-8(9)3/h7-9,11H,4-6H2,1-3H3,(H,12,13). The van der Waals surface area contributed by atoms with Crippen LogP contribution in [0.1, 0.15) is 20.8 Å². The van der Waals surface area contributed by atoms with Crippen LogP contribution in [0, 0.1) is 11.8 Å². The van der Waals surface area contributed by atoms with Crippen LogP contribution in [0.15, 0.2) is 0 Å². The minimum Gasteiger partial charge on any atom is -0.449 e. The van der Waals surface area contributed by atoms with Crippen molar-refractivity contribution in [1.29, 1.82) is 0 Å². The summed E-state index contributed by atoms with van der Waals surface area (Å²) >= 11 is 0. The van der Waals surface area contributed by atoms with E-state index >= 15 is 0 Å². The van der Waals surface area contributed by atoms with Crippen LogP contribution in [-0.4, -0.2) is 31.8 Å². The largest absolute Gasteiger partial charge is 0.449 e. The van der Waals surface area contributed by atoms with Gasteiger partial charge in [-0.3, -0.25) is 0 Å². The van der Waals surface area contributed by atoms with Crippen LogP contribution >= 0.6 is 0 Å². The monoisotopic (exact) mass is 200 g/mol. The number of nitrogens with one attached hydrogen (secondary N) is 2. The molecule has 4 heteroatoms. The van der Waals surface area contributed by atoms with Crippen molar-refractivity contribution >= 4 is 6.09 Å². The highest BCUT2D eigenvalue weighted by atomic mass is 16.5. The highest BCUT2D eigenvalue weighted by Gasteiger charge is 2.24. The first-order valence-corrected chi connectivity index (χ1v) is 5.23. The second-order valence-corrected chi connectivity index (χ2v) is 4.38. The molecule has 2 unspecified atom stereocenters. The van der Waals surface area contributed by atoms with Crippen LogP contribution in [0.2, 0.25) is 0 Å². The summed E-state index contributed by atoms with van der Waals surface area (Å²) in [5.74, 6) is 0.876. The summed E-state index contributed by atoms with van der Waals surface area (Å²) in [5.41, 5.74) is 0. The molecule has 1 aliphatic heterocycles. The van der Waals surface area contributed by atoms with Gasteiger partial charge in [0.2, 0.25) is 0 Å². The van der Waals surface area contributed by atoms with Crippen LogP contribution in [0.5, 0.6) is 0 Å². The van der Waals surface area contributed by atoms with Gasteiger partial charge in [-0.15, -0.1) is 0 Å². The molecule has 1 aliphatic rings. The van der Waals surface area contributed by atoms with Gasteiger partial charge >= 0.3 is 6.09 Å². The van der Waals surface area contributed by atoms with Crippen molar-refractivity contribution in [3.8, 4) is 0 Å². The average Bonchev–Trinajstić information content (AvgIpc) is 2.49. The summed E-state index contributed by atoms with van der Waals surface area (Å²) in [4.78, 5) is 11.3. The Bertz CT molecular complexity index is 195. The quantitative estimate of drug-likeness (QED) is 0.714. The van der Waals surface area contributed by atoms with Gasteiger partial charge in [-0.2, -0.15) is 0 Å². The van der Waals surface area contributed by atoms with Crippen molar-refractivity contribution in [2.45, 2.75) is 26.8 Å². The summed E-state index contributed by atoms with van der Waals surface area (Å²) in [7, 11) is 0. The molecule has 0 aromatic carbocycles. The molecule has 0 aliphatic carbocycles. The fraction of sp³-hybridized carbons (Fsp3) is 0.900. The number of carbonyl (C=O) groups excluding carboxylic acids is 1. The molecule has 1 saturated heterocycles. The molecule has 0 saturated carbocycles. The lowest BCUT2D eigenvalue weighted by molar-refractivity contribution is 0.128. The van der Waals surface area contributed by atoms with E-state index in [4.69, 9.17) is 4.74 Å². The van der Waals surface area contributed by atoms with Crippen LogP contribution in [0.25, 0.3) is 0 Å². The summed E-state index contributed by atoms with van der Waals surface area (Å²) in [6.45, 7) is 8.46. The lowest BCUT2D eigenvalue weighted by Crippen LogP contribution is -2.40. The molecule has 0 spiro atoms. The Kier molecular flexibility index (Phi) is 4.20. The molecule has 2 N–H and O–H groups in total. The second kappa shape index (κ2) is 5.20. The van der Waals surface area contributed by atoms with Crippen LogP contribution in [0.3, 0.4) is 0 Å². The number of alkyl carbamates (subject to hydrolysis) is 1. The maximum atomic E-state index is 11.3. The summed E-state index contributed by atoms with van der Waals surface area (Å²) in [6, 6.07) is 0.217. The predicted octanol–water partition coefficient (Wildman–Crippen LogP) is 0.976. The van der Waals surface area contributed by atoms with E-state index in [0.29, 0.717) is 18.4 Å². The van der Waals surface area contributed by atoms with Gasteiger partial charge in [0.1, 0.15) is 0 Å². The van der Waals surface area contributed by atoms with E-state index in [1.807, 2.05) is 13.8 Å². The molecule has 4 nitrogen and oxygen atoms in total. The Morgan fingerprint density at radius 1 is 1.57 bits per heavy atom. The van der Waals surface area contributed by atoms with Gasteiger partial charge in [-0.25, -0.2) is 4.79 Å². The van der Waals surface area contributed by atoms with Crippen molar-refractivity contribution < 1.29 is 9.53 Å². The first-order chi connectivity index (χ1) is 6.59. The second-order valence-electron chi connectivity index (χ2n) is 4.38. The zero-order valence-corrected chi connectivity index (χ0v) is 9.17. The van der Waals surface area contributed by atoms with Gasteiger partial charge in [0.25, 0.3) is 0 Å². The Hall–Kier alpha value is -0.770. The summed E-state index contributed by atoms with van der Waals surface area (Å²) in [5, 5.41) is 6.08. The fourth-order valence-electron chi connectivity index (χ4n) is 1.44. The molecule has 1 rings (SSSR count). The third-order valence-corrected chi connectivity index (χ3v) is 2.37. The Balaban J connectivity index is 2.19. The van der Waals surface area contributed by atoms with Gasteiger partial charge in [-0.1, -0.05) is 20.8 Å². The smallest absolute Gasteiger partial charge is 0.407 e. The predicted molar refractivity (Wildman–Crippen MR) is 55.1 cm³/mol. The van der Waals surface area contributed by atoms with Gasteiger partial charge in [-0.05, 0) is 18.4 Å². The molecule has 0 radical (unpaired) electrons. The van der Waals surface area contributed by atoms with E-state index in [1.165, 1.54) is 0 Å². The number of hydrogen-bond donors (Lipinski definition) is 2. The van der Waals surface area contributed by atoms with E-state index in [2.05, 4.69) is 17.6 Å². The zero-order valence-electron chi connectivity index (χ0n) is 9.17. The van der Waals surface area contributed by atoms with E-state index in [-0.39, 0.29) is 12.1 Å². The molecular weight excluding hydrogens is 180 g/mol. The highest BCUT2D eigenvalue weighted by Crippen LogP contribution is 2.07. The van der Waals surface area contributed by atoms with Crippen LogP contribution in [-0.2, 0) is 4.74 Å².